The van der Waals surface area contributed by atoms with Gasteiger partial charge >= 0.3 is 0 Å². The van der Waals surface area contributed by atoms with Crippen molar-refractivity contribution in [2.75, 3.05) is 16.8 Å². The summed E-state index contributed by atoms with van der Waals surface area (Å²) in [5.74, 6) is -0.665. The molecule has 0 aliphatic carbocycles. The van der Waals surface area contributed by atoms with E-state index in [1.165, 1.54) is 35.8 Å². The topological polar surface area (TPSA) is 93.2 Å². The molecule has 6 rings (SSSR count). The Morgan fingerprint density at radius 2 is 1.97 bits per heavy atom. The first kappa shape index (κ1) is 21.8. The van der Waals surface area contributed by atoms with E-state index in [2.05, 4.69) is 25.5 Å². The minimum absolute atomic E-state index is 0.294. The Morgan fingerprint density at radius 1 is 1.06 bits per heavy atom. The van der Waals surface area contributed by atoms with E-state index in [0.717, 1.165) is 24.2 Å². The Bertz CT molecular complexity index is 1550. The average molecular weight is 486 g/mol. The van der Waals surface area contributed by atoms with E-state index in [0.29, 0.717) is 41.1 Å². The van der Waals surface area contributed by atoms with Gasteiger partial charge in [0.15, 0.2) is 5.82 Å². The molecule has 1 aromatic carbocycles. The van der Waals surface area contributed by atoms with Crippen LogP contribution in [0.3, 0.4) is 0 Å². The number of amides is 1. The van der Waals surface area contributed by atoms with E-state index >= 15 is 0 Å². The third-order valence-electron chi connectivity index (χ3n) is 6.31. The molecule has 4 aromatic heterocycles. The molecule has 9 nitrogen and oxygen atoms in total. The van der Waals surface area contributed by atoms with Crippen LogP contribution in [0.4, 0.5) is 20.2 Å². The summed E-state index contributed by atoms with van der Waals surface area (Å²) in [5.41, 5.74) is 2.63. The molecular weight excluding hydrogens is 466 g/mol. The number of benzene rings is 1. The number of nitrogens with zero attached hydrogens (tertiary/aromatic N) is 7. The molecule has 0 radical (unpaired) electrons. The number of halogens is 2. The molecule has 180 valence electrons. The highest BCUT2D eigenvalue weighted by atomic mass is 19.1. The van der Waals surface area contributed by atoms with Crippen LogP contribution in [-0.2, 0) is 0 Å². The van der Waals surface area contributed by atoms with E-state index in [1.54, 1.807) is 22.8 Å². The predicted octanol–water partition coefficient (Wildman–Crippen LogP) is 4.18. The molecule has 0 spiro atoms. The molecular formula is C25H20F2N8O. The van der Waals surface area contributed by atoms with Gasteiger partial charge in [-0.3, -0.25) is 4.79 Å². The van der Waals surface area contributed by atoms with Gasteiger partial charge in [0.1, 0.15) is 24.3 Å². The van der Waals surface area contributed by atoms with Gasteiger partial charge in [-0.2, -0.15) is 10.2 Å². The van der Waals surface area contributed by atoms with E-state index in [4.69, 9.17) is 0 Å². The minimum atomic E-state index is -0.465. The van der Waals surface area contributed by atoms with Crippen molar-refractivity contribution >= 4 is 22.8 Å². The van der Waals surface area contributed by atoms with Gasteiger partial charge in [0.2, 0.25) is 0 Å². The number of hydrogen-bond donors (Lipinski definition) is 1. The first-order valence-corrected chi connectivity index (χ1v) is 11.4. The third kappa shape index (κ3) is 3.94. The summed E-state index contributed by atoms with van der Waals surface area (Å²) in [7, 11) is 0. The highest BCUT2D eigenvalue weighted by Gasteiger charge is 2.29. The lowest BCUT2D eigenvalue weighted by Crippen LogP contribution is -2.23. The zero-order valence-corrected chi connectivity index (χ0v) is 18.9. The lowest BCUT2D eigenvalue weighted by atomic mass is 10.0. The van der Waals surface area contributed by atoms with Gasteiger partial charge in [0.25, 0.3) is 5.91 Å². The van der Waals surface area contributed by atoms with E-state index in [9.17, 15) is 13.6 Å². The summed E-state index contributed by atoms with van der Waals surface area (Å²) in [6.45, 7) is 0.691. The number of carbonyl (C=O) groups excluding carboxylic acids is 1. The Balaban J connectivity index is 1.27. The second-order valence-corrected chi connectivity index (χ2v) is 8.49. The second kappa shape index (κ2) is 8.84. The number of pyridine rings is 2. The molecule has 1 saturated heterocycles. The van der Waals surface area contributed by atoms with Crippen LogP contribution >= 0.6 is 0 Å². The smallest absolute Gasteiger partial charge is 0.259 e. The summed E-state index contributed by atoms with van der Waals surface area (Å²) in [4.78, 5) is 23.3. The zero-order chi connectivity index (χ0) is 24.6. The molecule has 1 aliphatic heterocycles. The number of hydrogen-bond acceptors (Lipinski definition) is 6. The van der Waals surface area contributed by atoms with Gasteiger partial charge in [-0.1, -0.05) is 0 Å². The minimum Gasteiger partial charge on any atom is -0.364 e. The van der Waals surface area contributed by atoms with Crippen LogP contribution in [0.2, 0.25) is 0 Å². The van der Waals surface area contributed by atoms with Crippen molar-refractivity contribution in [1.82, 2.24) is 29.4 Å². The molecule has 5 heterocycles. The predicted molar refractivity (Wildman–Crippen MR) is 128 cm³/mol. The quantitative estimate of drug-likeness (QED) is 0.401. The fraction of sp³-hybridized carbons (Fsp3) is 0.160. The SMILES string of the molecule is O=C(Nc1ccc(-n2cncn2)nc1)c1cnn2ccc(N3CCCC3c3cc(F)ccc3F)cc12. The van der Waals surface area contributed by atoms with Crippen molar-refractivity contribution in [3.05, 3.63) is 96.5 Å². The Morgan fingerprint density at radius 3 is 2.78 bits per heavy atom. The number of nitrogens with one attached hydrogen (secondary N) is 1. The molecule has 1 amide bonds. The molecule has 1 unspecified atom stereocenters. The van der Waals surface area contributed by atoms with Crippen LogP contribution in [0, 0.1) is 11.6 Å². The molecule has 1 N–H and O–H groups in total. The molecule has 11 heteroatoms. The van der Waals surface area contributed by atoms with Crippen LogP contribution < -0.4 is 10.2 Å². The molecule has 0 bridgehead atoms. The maximum absolute atomic E-state index is 14.5. The highest BCUT2D eigenvalue weighted by Crippen LogP contribution is 2.38. The van der Waals surface area contributed by atoms with Crippen LogP contribution in [0.5, 0.6) is 0 Å². The zero-order valence-electron chi connectivity index (χ0n) is 18.9. The largest absolute Gasteiger partial charge is 0.364 e. The van der Waals surface area contributed by atoms with Gasteiger partial charge in [0.05, 0.1) is 35.2 Å². The maximum atomic E-state index is 14.5. The van der Waals surface area contributed by atoms with Crippen LogP contribution in [0.15, 0.2) is 73.7 Å². The monoisotopic (exact) mass is 486 g/mol. The Hall–Kier alpha value is -4.67. The summed E-state index contributed by atoms with van der Waals surface area (Å²) in [6.07, 6.45) is 9.29. The van der Waals surface area contributed by atoms with Gasteiger partial charge in [-0.05, 0) is 55.3 Å². The van der Waals surface area contributed by atoms with Crippen LogP contribution in [-0.4, -0.2) is 41.8 Å². The van der Waals surface area contributed by atoms with Crippen molar-refractivity contribution in [2.24, 2.45) is 0 Å². The number of aromatic nitrogens is 6. The van der Waals surface area contributed by atoms with Crippen molar-refractivity contribution in [2.45, 2.75) is 18.9 Å². The van der Waals surface area contributed by atoms with E-state index in [1.807, 2.05) is 17.0 Å². The maximum Gasteiger partial charge on any atom is 0.259 e. The molecule has 0 saturated carbocycles. The number of fused-ring (bicyclic) bond motifs is 1. The van der Waals surface area contributed by atoms with Gasteiger partial charge in [-0.25, -0.2) is 27.9 Å². The Labute approximate surface area is 204 Å². The summed E-state index contributed by atoms with van der Waals surface area (Å²) >= 11 is 0. The number of carbonyl (C=O) groups is 1. The lowest BCUT2D eigenvalue weighted by molar-refractivity contribution is 0.102. The van der Waals surface area contributed by atoms with Gasteiger partial charge < -0.3 is 10.2 Å². The molecule has 5 aromatic rings. The average Bonchev–Trinajstić information content (AvgIpc) is 3.66. The van der Waals surface area contributed by atoms with Crippen molar-refractivity contribution in [3.63, 3.8) is 0 Å². The normalized spacial score (nSPS) is 15.5. The summed E-state index contributed by atoms with van der Waals surface area (Å²) in [5, 5.41) is 11.2. The fourth-order valence-corrected chi connectivity index (χ4v) is 4.61. The first-order chi connectivity index (χ1) is 17.6. The lowest BCUT2D eigenvalue weighted by Gasteiger charge is -2.27. The third-order valence-corrected chi connectivity index (χ3v) is 6.31. The van der Waals surface area contributed by atoms with Crippen molar-refractivity contribution in [3.8, 4) is 5.82 Å². The number of anilines is 2. The van der Waals surface area contributed by atoms with Crippen molar-refractivity contribution < 1.29 is 13.6 Å². The molecule has 1 fully saturated rings. The fourth-order valence-electron chi connectivity index (χ4n) is 4.61. The summed E-state index contributed by atoms with van der Waals surface area (Å²) < 4.78 is 31.5. The van der Waals surface area contributed by atoms with E-state index < -0.39 is 11.6 Å². The van der Waals surface area contributed by atoms with E-state index in [-0.39, 0.29) is 11.9 Å². The molecule has 36 heavy (non-hydrogen) atoms. The van der Waals surface area contributed by atoms with Gasteiger partial charge in [0, 0.05) is 24.0 Å². The Kier molecular flexibility index (Phi) is 5.36. The van der Waals surface area contributed by atoms with Crippen LogP contribution in [0.1, 0.15) is 34.8 Å². The second-order valence-electron chi connectivity index (χ2n) is 8.49. The summed E-state index contributed by atoms with van der Waals surface area (Å²) in [6, 6.07) is 10.4. The molecule has 1 aliphatic rings. The standard InChI is InChI=1S/C25H20F2N8O/c26-16-3-5-21(27)19(10-16)22-2-1-8-33(22)18-7-9-34-23(11-18)20(13-30-34)25(36)32-17-4-6-24(29-12-17)35-15-28-14-31-35/h3-7,9-15,22H,1-2,8H2,(H,32,36). The van der Waals surface area contributed by atoms with Crippen LogP contribution in [0.25, 0.3) is 11.3 Å². The number of rotatable bonds is 5. The van der Waals surface area contributed by atoms with Gasteiger partial charge in [-0.15, -0.1) is 0 Å². The van der Waals surface area contributed by atoms with Crippen molar-refractivity contribution in [1.29, 1.82) is 0 Å². The highest BCUT2D eigenvalue weighted by molar-refractivity contribution is 6.09. The molecule has 1 atom stereocenters. The first-order valence-electron chi connectivity index (χ1n) is 11.4.